The van der Waals surface area contributed by atoms with Gasteiger partial charge in [-0.3, -0.25) is 0 Å². The molecular formula is C16H18INO2. The van der Waals surface area contributed by atoms with Gasteiger partial charge in [-0.2, -0.15) is 0 Å². The SMILES string of the molecule is CCOc1cc(CN)ccc1OCc1ccc(I)cc1. The van der Waals surface area contributed by atoms with E-state index in [1.165, 1.54) is 3.57 Å². The van der Waals surface area contributed by atoms with Crippen LogP contribution in [0.15, 0.2) is 42.5 Å². The Morgan fingerprint density at radius 3 is 2.30 bits per heavy atom. The Hall–Kier alpha value is -1.27. The molecule has 20 heavy (non-hydrogen) atoms. The van der Waals surface area contributed by atoms with Crippen molar-refractivity contribution in [3.05, 3.63) is 57.2 Å². The fourth-order valence-electron chi connectivity index (χ4n) is 1.81. The third kappa shape index (κ3) is 4.11. The lowest BCUT2D eigenvalue weighted by Gasteiger charge is -2.13. The Morgan fingerprint density at radius 1 is 0.950 bits per heavy atom. The average molecular weight is 383 g/mol. The number of halogens is 1. The third-order valence-electron chi connectivity index (χ3n) is 2.85. The van der Waals surface area contributed by atoms with Crippen LogP contribution in [0.2, 0.25) is 0 Å². The summed E-state index contributed by atoms with van der Waals surface area (Å²) in [6, 6.07) is 14.1. The van der Waals surface area contributed by atoms with E-state index in [4.69, 9.17) is 15.2 Å². The molecule has 2 N–H and O–H groups in total. The van der Waals surface area contributed by atoms with Gasteiger partial charge in [-0.15, -0.1) is 0 Å². The minimum atomic E-state index is 0.497. The monoisotopic (exact) mass is 383 g/mol. The average Bonchev–Trinajstić information content (AvgIpc) is 2.48. The minimum Gasteiger partial charge on any atom is -0.490 e. The van der Waals surface area contributed by atoms with Gasteiger partial charge in [0.1, 0.15) is 6.61 Å². The first kappa shape index (κ1) is 15.1. The molecule has 0 unspecified atom stereocenters. The number of hydrogen-bond donors (Lipinski definition) is 1. The van der Waals surface area contributed by atoms with Crippen molar-refractivity contribution in [1.82, 2.24) is 0 Å². The van der Waals surface area contributed by atoms with Crippen molar-refractivity contribution < 1.29 is 9.47 Å². The quantitative estimate of drug-likeness (QED) is 0.774. The summed E-state index contributed by atoms with van der Waals surface area (Å²) < 4.78 is 12.7. The van der Waals surface area contributed by atoms with Gasteiger partial charge in [0.25, 0.3) is 0 Å². The maximum absolute atomic E-state index is 5.85. The fourth-order valence-corrected chi connectivity index (χ4v) is 2.17. The molecule has 0 aliphatic heterocycles. The van der Waals surface area contributed by atoms with E-state index in [9.17, 15) is 0 Å². The van der Waals surface area contributed by atoms with Crippen LogP contribution in [0.3, 0.4) is 0 Å². The molecule has 2 aromatic rings. The summed E-state index contributed by atoms with van der Waals surface area (Å²) in [7, 11) is 0. The van der Waals surface area contributed by atoms with E-state index in [1.54, 1.807) is 0 Å². The summed E-state index contributed by atoms with van der Waals surface area (Å²) in [5.41, 5.74) is 7.82. The predicted octanol–water partition coefficient (Wildman–Crippen LogP) is 3.73. The van der Waals surface area contributed by atoms with Crippen molar-refractivity contribution in [2.75, 3.05) is 6.61 Å². The summed E-state index contributed by atoms with van der Waals surface area (Å²) in [5.74, 6) is 1.50. The molecule has 2 rings (SSSR count). The highest BCUT2D eigenvalue weighted by molar-refractivity contribution is 14.1. The zero-order valence-corrected chi connectivity index (χ0v) is 13.6. The van der Waals surface area contributed by atoms with E-state index in [-0.39, 0.29) is 0 Å². The van der Waals surface area contributed by atoms with E-state index < -0.39 is 0 Å². The highest BCUT2D eigenvalue weighted by atomic mass is 127. The molecule has 0 aliphatic rings. The van der Waals surface area contributed by atoms with Crippen molar-refractivity contribution in [3.8, 4) is 11.5 Å². The molecule has 4 heteroatoms. The maximum atomic E-state index is 5.85. The van der Waals surface area contributed by atoms with Gasteiger partial charge in [0, 0.05) is 10.1 Å². The summed E-state index contributed by atoms with van der Waals surface area (Å²) in [6.07, 6.45) is 0. The summed E-state index contributed by atoms with van der Waals surface area (Å²) in [6.45, 7) is 3.59. The molecule has 0 bridgehead atoms. The molecule has 0 saturated heterocycles. The molecule has 0 spiro atoms. The molecule has 0 fully saturated rings. The summed E-state index contributed by atoms with van der Waals surface area (Å²) >= 11 is 2.29. The molecule has 0 heterocycles. The highest BCUT2D eigenvalue weighted by Gasteiger charge is 2.06. The lowest BCUT2D eigenvalue weighted by Crippen LogP contribution is -2.02. The summed E-state index contributed by atoms with van der Waals surface area (Å²) in [4.78, 5) is 0. The van der Waals surface area contributed by atoms with Crippen LogP contribution in [0.5, 0.6) is 11.5 Å². The molecule has 2 aromatic carbocycles. The summed E-state index contributed by atoms with van der Waals surface area (Å²) in [5, 5.41) is 0. The van der Waals surface area contributed by atoms with Crippen LogP contribution in [0.25, 0.3) is 0 Å². The minimum absolute atomic E-state index is 0.497. The van der Waals surface area contributed by atoms with Crippen molar-refractivity contribution in [1.29, 1.82) is 0 Å². The second kappa shape index (κ2) is 7.50. The van der Waals surface area contributed by atoms with Crippen LogP contribution in [0, 0.1) is 3.57 Å². The number of rotatable bonds is 6. The van der Waals surface area contributed by atoms with Gasteiger partial charge >= 0.3 is 0 Å². The van der Waals surface area contributed by atoms with Crippen molar-refractivity contribution in [3.63, 3.8) is 0 Å². The van der Waals surface area contributed by atoms with Crippen molar-refractivity contribution >= 4 is 22.6 Å². The Labute approximate surface area is 133 Å². The number of benzene rings is 2. The molecule has 106 valence electrons. The van der Waals surface area contributed by atoms with Gasteiger partial charge in [-0.25, -0.2) is 0 Å². The van der Waals surface area contributed by atoms with Gasteiger partial charge in [0.15, 0.2) is 11.5 Å². The van der Waals surface area contributed by atoms with E-state index in [0.717, 1.165) is 22.6 Å². The molecule has 3 nitrogen and oxygen atoms in total. The van der Waals surface area contributed by atoms with Crippen molar-refractivity contribution in [2.45, 2.75) is 20.1 Å². The molecule has 0 saturated carbocycles. The molecular weight excluding hydrogens is 365 g/mol. The van der Waals surface area contributed by atoms with Gasteiger partial charge in [0.05, 0.1) is 6.61 Å². The lowest BCUT2D eigenvalue weighted by molar-refractivity contribution is 0.269. The van der Waals surface area contributed by atoms with Crippen LogP contribution < -0.4 is 15.2 Å². The van der Waals surface area contributed by atoms with Gasteiger partial charge in [0.2, 0.25) is 0 Å². The smallest absolute Gasteiger partial charge is 0.161 e. The normalized spacial score (nSPS) is 10.3. The largest absolute Gasteiger partial charge is 0.490 e. The van der Waals surface area contributed by atoms with Gasteiger partial charge < -0.3 is 15.2 Å². The van der Waals surface area contributed by atoms with Gasteiger partial charge in [-0.1, -0.05) is 18.2 Å². The first-order valence-corrected chi connectivity index (χ1v) is 7.64. The molecule has 0 amide bonds. The zero-order chi connectivity index (χ0) is 14.4. The predicted molar refractivity (Wildman–Crippen MR) is 89.0 cm³/mol. The Kier molecular flexibility index (Phi) is 5.67. The van der Waals surface area contributed by atoms with E-state index in [0.29, 0.717) is 19.8 Å². The lowest BCUT2D eigenvalue weighted by atomic mass is 10.2. The maximum Gasteiger partial charge on any atom is 0.161 e. The Balaban J connectivity index is 2.09. The topological polar surface area (TPSA) is 44.5 Å². The molecule has 0 aliphatic carbocycles. The Bertz CT molecular complexity index is 555. The van der Waals surface area contributed by atoms with Gasteiger partial charge in [-0.05, 0) is 64.9 Å². The number of ether oxygens (including phenoxy) is 2. The van der Waals surface area contributed by atoms with E-state index in [1.807, 2.05) is 25.1 Å². The van der Waals surface area contributed by atoms with E-state index >= 15 is 0 Å². The Morgan fingerprint density at radius 2 is 1.65 bits per heavy atom. The van der Waals surface area contributed by atoms with Crippen LogP contribution in [-0.4, -0.2) is 6.61 Å². The second-order valence-electron chi connectivity index (χ2n) is 4.33. The van der Waals surface area contributed by atoms with Crippen LogP contribution in [0.1, 0.15) is 18.1 Å². The molecule has 0 aromatic heterocycles. The second-order valence-corrected chi connectivity index (χ2v) is 5.58. The van der Waals surface area contributed by atoms with E-state index in [2.05, 4.69) is 46.9 Å². The standard InChI is InChI=1S/C16H18INO2/c1-2-19-16-9-13(10-18)5-8-15(16)20-11-12-3-6-14(17)7-4-12/h3-9H,2,10-11,18H2,1H3. The fraction of sp³-hybridized carbons (Fsp3) is 0.250. The highest BCUT2D eigenvalue weighted by Crippen LogP contribution is 2.29. The van der Waals surface area contributed by atoms with Crippen LogP contribution >= 0.6 is 22.6 Å². The first-order valence-electron chi connectivity index (χ1n) is 6.56. The molecule has 0 radical (unpaired) electrons. The van der Waals surface area contributed by atoms with Crippen LogP contribution in [-0.2, 0) is 13.2 Å². The number of hydrogen-bond acceptors (Lipinski definition) is 3. The molecule has 0 atom stereocenters. The first-order chi connectivity index (χ1) is 9.72. The third-order valence-corrected chi connectivity index (χ3v) is 3.57. The zero-order valence-electron chi connectivity index (χ0n) is 11.4. The van der Waals surface area contributed by atoms with Crippen LogP contribution in [0.4, 0.5) is 0 Å². The number of nitrogens with two attached hydrogens (primary N) is 1. The van der Waals surface area contributed by atoms with Crippen molar-refractivity contribution in [2.24, 2.45) is 5.73 Å².